The Hall–Kier alpha value is -3.66. The summed E-state index contributed by atoms with van der Waals surface area (Å²) in [5.41, 5.74) is 4.55. The molecule has 0 bridgehead atoms. The first kappa shape index (κ1) is 21.2. The molecule has 1 fully saturated rings. The average molecular weight is 437 g/mol. The van der Waals surface area contributed by atoms with Crippen LogP contribution in [-0.2, 0) is 11.3 Å². The van der Waals surface area contributed by atoms with E-state index in [2.05, 4.69) is 46.7 Å². The third-order valence-electron chi connectivity index (χ3n) is 6.23. The number of rotatable bonds is 7. The van der Waals surface area contributed by atoms with Gasteiger partial charge in [0.25, 0.3) is 0 Å². The van der Waals surface area contributed by atoms with Gasteiger partial charge in [-0.2, -0.15) is 0 Å². The van der Waals surface area contributed by atoms with Gasteiger partial charge in [-0.05, 0) is 72.0 Å². The summed E-state index contributed by atoms with van der Waals surface area (Å²) >= 11 is 0. The molecule has 1 saturated carbocycles. The van der Waals surface area contributed by atoms with Crippen molar-refractivity contribution in [3.05, 3.63) is 96.3 Å². The highest BCUT2D eigenvalue weighted by molar-refractivity contribution is 5.98. The van der Waals surface area contributed by atoms with E-state index in [0.717, 1.165) is 39.6 Å². The molecule has 4 heteroatoms. The molecule has 166 valence electrons. The second kappa shape index (κ2) is 9.07. The molecular formula is C29H28N2O2. The zero-order valence-corrected chi connectivity index (χ0v) is 19.0. The first-order valence-corrected chi connectivity index (χ1v) is 11.6. The van der Waals surface area contributed by atoms with Gasteiger partial charge in [-0.25, -0.2) is 0 Å². The fraction of sp³-hybridized carbons (Fsp3) is 0.241. The van der Waals surface area contributed by atoms with Gasteiger partial charge in [-0.15, -0.1) is 0 Å². The Morgan fingerprint density at radius 3 is 2.70 bits per heavy atom. The lowest BCUT2D eigenvalue weighted by Crippen LogP contribution is -2.25. The lowest BCUT2D eigenvalue weighted by molar-refractivity contribution is -0.122. The van der Waals surface area contributed by atoms with E-state index in [-0.39, 0.29) is 17.9 Å². The third kappa shape index (κ3) is 4.61. The van der Waals surface area contributed by atoms with Crippen LogP contribution in [0.5, 0.6) is 5.75 Å². The minimum atomic E-state index is 0.0692. The Morgan fingerprint density at radius 1 is 1.03 bits per heavy atom. The van der Waals surface area contributed by atoms with Crippen LogP contribution in [0.3, 0.4) is 0 Å². The van der Waals surface area contributed by atoms with E-state index >= 15 is 0 Å². The van der Waals surface area contributed by atoms with E-state index < -0.39 is 0 Å². The van der Waals surface area contributed by atoms with Gasteiger partial charge in [0.1, 0.15) is 5.75 Å². The lowest BCUT2D eigenvalue weighted by atomic mass is 9.96. The predicted octanol–water partition coefficient (Wildman–Crippen LogP) is 6.11. The van der Waals surface area contributed by atoms with Crippen molar-refractivity contribution in [2.24, 2.45) is 5.92 Å². The van der Waals surface area contributed by atoms with Gasteiger partial charge in [0.15, 0.2) is 0 Å². The largest absolute Gasteiger partial charge is 0.491 e. The number of carbonyl (C=O) groups excluding carboxylic acids is 1. The average Bonchev–Trinajstić information content (AvgIpc) is 3.64. The highest BCUT2D eigenvalue weighted by atomic mass is 16.5. The van der Waals surface area contributed by atoms with Crippen LogP contribution >= 0.6 is 0 Å². The van der Waals surface area contributed by atoms with Crippen LogP contribution in [0.4, 0.5) is 0 Å². The third-order valence-corrected chi connectivity index (χ3v) is 6.23. The number of nitrogens with one attached hydrogen (secondary N) is 1. The maximum Gasteiger partial charge on any atom is 0.224 e. The molecule has 4 nitrogen and oxygen atoms in total. The van der Waals surface area contributed by atoms with Crippen molar-refractivity contribution in [2.75, 3.05) is 0 Å². The number of benzene rings is 3. The van der Waals surface area contributed by atoms with Crippen LogP contribution in [0.1, 0.15) is 37.3 Å². The Kier molecular flexibility index (Phi) is 5.82. The number of pyridine rings is 1. The summed E-state index contributed by atoms with van der Waals surface area (Å²) in [6.45, 7) is 4.55. The van der Waals surface area contributed by atoms with Gasteiger partial charge in [0.05, 0.1) is 6.10 Å². The second-order valence-electron chi connectivity index (χ2n) is 8.97. The van der Waals surface area contributed by atoms with E-state index in [1.807, 2.05) is 62.6 Å². The van der Waals surface area contributed by atoms with Gasteiger partial charge in [-0.3, -0.25) is 9.78 Å². The summed E-state index contributed by atoms with van der Waals surface area (Å²) in [5.74, 6) is 1.40. The Balaban J connectivity index is 1.35. The minimum absolute atomic E-state index is 0.0692. The van der Waals surface area contributed by atoms with Crippen molar-refractivity contribution in [3.63, 3.8) is 0 Å². The zero-order chi connectivity index (χ0) is 22.8. The van der Waals surface area contributed by atoms with Crippen molar-refractivity contribution in [2.45, 2.75) is 38.8 Å². The van der Waals surface area contributed by atoms with Gasteiger partial charge < -0.3 is 10.1 Å². The van der Waals surface area contributed by atoms with Crippen LogP contribution in [0.15, 0.2) is 85.2 Å². The Morgan fingerprint density at radius 2 is 1.88 bits per heavy atom. The van der Waals surface area contributed by atoms with Crippen LogP contribution in [0.25, 0.3) is 21.9 Å². The number of hydrogen-bond donors (Lipinski definition) is 1. The number of amides is 1. The van der Waals surface area contributed by atoms with Crippen LogP contribution in [0, 0.1) is 5.92 Å². The molecule has 33 heavy (non-hydrogen) atoms. The summed E-state index contributed by atoms with van der Waals surface area (Å²) in [6.07, 6.45) is 4.75. The normalized spacial score (nSPS) is 17.2. The molecule has 2 atom stereocenters. The first-order chi connectivity index (χ1) is 16.1. The molecule has 1 aliphatic rings. The van der Waals surface area contributed by atoms with E-state index in [1.54, 1.807) is 0 Å². The van der Waals surface area contributed by atoms with Crippen molar-refractivity contribution < 1.29 is 9.53 Å². The molecule has 0 aliphatic heterocycles. The van der Waals surface area contributed by atoms with E-state index in [1.165, 1.54) is 5.56 Å². The van der Waals surface area contributed by atoms with Crippen LogP contribution in [0.2, 0.25) is 0 Å². The molecule has 3 aromatic carbocycles. The maximum atomic E-state index is 12.8. The Bertz CT molecular complexity index is 1280. The van der Waals surface area contributed by atoms with Gasteiger partial charge in [0, 0.05) is 30.2 Å². The number of aromatic nitrogens is 1. The van der Waals surface area contributed by atoms with Crippen molar-refractivity contribution >= 4 is 16.7 Å². The van der Waals surface area contributed by atoms with E-state index in [9.17, 15) is 4.79 Å². The molecule has 0 radical (unpaired) electrons. The SMILES string of the molecule is CC(C)Oc1cccc(-c2ccc(CNC(=O)C3CC3c3ccccc3)c3cnccc23)c1. The summed E-state index contributed by atoms with van der Waals surface area (Å²) in [6, 6.07) is 24.7. The van der Waals surface area contributed by atoms with Gasteiger partial charge in [0.2, 0.25) is 5.91 Å². The zero-order valence-electron chi connectivity index (χ0n) is 19.0. The monoisotopic (exact) mass is 436 g/mol. The minimum Gasteiger partial charge on any atom is -0.491 e. The maximum absolute atomic E-state index is 12.8. The second-order valence-corrected chi connectivity index (χ2v) is 8.97. The molecular weight excluding hydrogens is 408 g/mol. The standard InChI is InChI=1S/C29H28N2O2/c1-19(2)33-23-10-6-9-21(15-23)24-12-11-22(28-18-30-14-13-25(24)28)17-31-29(32)27-16-26(27)20-7-4-3-5-8-20/h3-15,18-19,26-27H,16-17H2,1-2H3,(H,31,32). The smallest absolute Gasteiger partial charge is 0.224 e. The summed E-state index contributed by atoms with van der Waals surface area (Å²) in [7, 11) is 0. The lowest BCUT2D eigenvalue weighted by Gasteiger charge is -2.14. The quantitative estimate of drug-likeness (QED) is 0.380. The van der Waals surface area contributed by atoms with E-state index in [0.29, 0.717) is 12.5 Å². The molecule has 1 amide bonds. The summed E-state index contributed by atoms with van der Waals surface area (Å²) in [5, 5.41) is 5.33. The molecule has 1 N–H and O–H groups in total. The molecule has 1 heterocycles. The first-order valence-electron chi connectivity index (χ1n) is 11.6. The number of carbonyl (C=O) groups is 1. The van der Waals surface area contributed by atoms with Crippen LogP contribution < -0.4 is 10.1 Å². The number of fused-ring (bicyclic) bond motifs is 1. The molecule has 1 aliphatic carbocycles. The van der Waals surface area contributed by atoms with Crippen molar-refractivity contribution in [1.82, 2.24) is 10.3 Å². The molecule has 2 unspecified atom stereocenters. The molecule has 4 aromatic rings. The van der Waals surface area contributed by atoms with E-state index in [4.69, 9.17) is 4.74 Å². The number of ether oxygens (including phenoxy) is 1. The molecule has 0 spiro atoms. The summed E-state index contributed by atoms with van der Waals surface area (Å²) in [4.78, 5) is 17.1. The highest BCUT2D eigenvalue weighted by Crippen LogP contribution is 2.47. The number of hydrogen-bond acceptors (Lipinski definition) is 3. The van der Waals surface area contributed by atoms with Crippen LogP contribution in [-0.4, -0.2) is 17.0 Å². The molecule has 5 rings (SSSR count). The molecule has 1 aromatic heterocycles. The predicted molar refractivity (Wildman–Crippen MR) is 132 cm³/mol. The Labute approximate surface area is 194 Å². The number of nitrogens with zero attached hydrogens (tertiary/aromatic N) is 1. The van der Waals surface area contributed by atoms with Gasteiger partial charge >= 0.3 is 0 Å². The molecule has 0 saturated heterocycles. The summed E-state index contributed by atoms with van der Waals surface area (Å²) < 4.78 is 5.89. The highest BCUT2D eigenvalue weighted by Gasteiger charge is 2.43. The van der Waals surface area contributed by atoms with Gasteiger partial charge in [-0.1, -0.05) is 54.6 Å². The fourth-order valence-electron chi connectivity index (χ4n) is 4.53. The van der Waals surface area contributed by atoms with Crippen molar-refractivity contribution in [1.29, 1.82) is 0 Å². The van der Waals surface area contributed by atoms with Crippen molar-refractivity contribution in [3.8, 4) is 16.9 Å². The topological polar surface area (TPSA) is 51.2 Å². The fourth-order valence-corrected chi connectivity index (χ4v) is 4.53.